The van der Waals surface area contributed by atoms with Gasteiger partial charge < -0.3 is 4.90 Å². The van der Waals surface area contributed by atoms with E-state index in [1.807, 2.05) is 0 Å². The highest BCUT2D eigenvalue weighted by molar-refractivity contribution is 9.10. The molecule has 15 heteroatoms. The van der Waals surface area contributed by atoms with Gasteiger partial charge in [0, 0.05) is 29.2 Å². The molecule has 31 heavy (non-hydrogen) atoms. The van der Waals surface area contributed by atoms with Gasteiger partial charge in [-0.05, 0) is 22.4 Å². The number of anilines is 2. The van der Waals surface area contributed by atoms with Crippen LogP contribution in [0.4, 0.5) is 41.6 Å². The van der Waals surface area contributed by atoms with Crippen molar-refractivity contribution in [1.29, 1.82) is 0 Å². The highest BCUT2D eigenvalue weighted by atomic mass is 79.9. The molecule has 0 N–H and O–H groups in total. The van der Waals surface area contributed by atoms with E-state index in [2.05, 4.69) is 15.9 Å². The summed E-state index contributed by atoms with van der Waals surface area (Å²) in [6, 6.07) is 2.47. The van der Waals surface area contributed by atoms with Crippen molar-refractivity contribution in [3.8, 4) is 0 Å². The van der Waals surface area contributed by atoms with Crippen LogP contribution in [0.25, 0.3) is 0 Å². The van der Waals surface area contributed by atoms with Crippen molar-refractivity contribution in [3.05, 3.63) is 69.7 Å². The summed E-state index contributed by atoms with van der Waals surface area (Å²) in [6.07, 6.45) is -5.01. The normalized spacial score (nSPS) is 11.3. The topological polar surface area (TPSA) is 133 Å². The first-order valence-corrected chi connectivity index (χ1v) is 9.41. The van der Waals surface area contributed by atoms with E-state index in [4.69, 9.17) is 11.6 Å². The molecular formula is C16H11BrClF3N4O6. The van der Waals surface area contributed by atoms with E-state index in [0.717, 1.165) is 17.0 Å². The molecule has 0 heterocycles. The highest BCUT2D eigenvalue weighted by Gasteiger charge is 2.42. The number of nitro groups is 3. The lowest BCUT2D eigenvalue weighted by Crippen LogP contribution is -2.24. The molecule has 0 fully saturated rings. The summed E-state index contributed by atoms with van der Waals surface area (Å²) in [7, 11) is 0. The van der Waals surface area contributed by atoms with E-state index in [9.17, 15) is 43.5 Å². The SMILES string of the molecule is CCCN(c1c(Cl)cc([N+](=O)[O-])cc1Br)c1c([N+](=O)[O-])cc([N+](=O)[O-])cc1C(F)(F)F. The Morgan fingerprint density at radius 2 is 1.52 bits per heavy atom. The Balaban J connectivity index is 2.97. The molecule has 0 aromatic heterocycles. The standard InChI is InChI=1S/C16H11BrClF3N4O6/c1-2-3-22(15-11(17)5-9(24(28)29)6-12(15)18)14-10(16(19,20)21)4-8(23(26)27)7-13(14)25(30)31/h4-7H,2-3H2,1H3. The predicted molar refractivity (Wildman–Crippen MR) is 108 cm³/mol. The molecule has 0 atom stereocenters. The molecule has 0 aliphatic carbocycles. The average molecular weight is 528 g/mol. The van der Waals surface area contributed by atoms with Crippen LogP contribution in [0.2, 0.25) is 5.02 Å². The van der Waals surface area contributed by atoms with Crippen molar-refractivity contribution in [2.24, 2.45) is 0 Å². The van der Waals surface area contributed by atoms with Crippen LogP contribution in [-0.4, -0.2) is 21.3 Å². The smallest absolute Gasteiger partial charge is 0.333 e. The van der Waals surface area contributed by atoms with Gasteiger partial charge in [-0.15, -0.1) is 0 Å². The Bertz CT molecular complexity index is 1060. The van der Waals surface area contributed by atoms with E-state index < -0.39 is 49.3 Å². The Morgan fingerprint density at radius 3 is 1.94 bits per heavy atom. The quantitative estimate of drug-likeness (QED) is 0.301. The van der Waals surface area contributed by atoms with Gasteiger partial charge >= 0.3 is 6.18 Å². The lowest BCUT2D eigenvalue weighted by atomic mass is 10.1. The summed E-state index contributed by atoms with van der Waals surface area (Å²) in [6.45, 7) is 1.35. The lowest BCUT2D eigenvalue weighted by Gasteiger charge is -2.28. The fourth-order valence-electron chi connectivity index (χ4n) is 2.82. The third-order valence-corrected chi connectivity index (χ3v) is 4.88. The summed E-state index contributed by atoms with van der Waals surface area (Å²) < 4.78 is 41.4. The van der Waals surface area contributed by atoms with Gasteiger partial charge in [-0.25, -0.2) is 0 Å². The number of hydrogen-bond acceptors (Lipinski definition) is 7. The second kappa shape index (κ2) is 9.01. The van der Waals surface area contributed by atoms with Crippen molar-refractivity contribution < 1.29 is 27.9 Å². The molecule has 2 aromatic carbocycles. The summed E-state index contributed by atoms with van der Waals surface area (Å²) in [5.74, 6) is 0. The molecule has 0 bridgehead atoms. The maximum Gasteiger partial charge on any atom is 0.418 e. The molecule has 2 rings (SSSR count). The predicted octanol–water partition coefficient (Wildman–Crippen LogP) is 6.39. The molecule has 2 aromatic rings. The molecular weight excluding hydrogens is 517 g/mol. The van der Waals surface area contributed by atoms with Gasteiger partial charge in [-0.1, -0.05) is 18.5 Å². The van der Waals surface area contributed by atoms with Crippen LogP contribution in [0.3, 0.4) is 0 Å². The fourth-order valence-corrected chi connectivity index (χ4v) is 3.91. The third kappa shape index (κ3) is 5.02. The molecule has 0 saturated heterocycles. The number of halogens is 5. The summed E-state index contributed by atoms with van der Waals surface area (Å²) in [5, 5.41) is 33.3. The lowest BCUT2D eigenvalue weighted by molar-refractivity contribution is -0.394. The zero-order valence-electron chi connectivity index (χ0n) is 15.4. The zero-order valence-corrected chi connectivity index (χ0v) is 17.7. The molecule has 0 unspecified atom stereocenters. The van der Waals surface area contributed by atoms with Crippen molar-refractivity contribution in [2.75, 3.05) is 11.4 Å². The van der Waals surface area contributed by atoms with Crippen LogP contribution < -0.4 is 4.90 Å². The number of rotatable bonds is 7. The van der Waals surface area contributed by atoms with Crippen LogP contribution in [0.5, 0.6) is 0 Å². The first-order valence-electron chi connectivity index (χ1n) is 8.24. The number of alkyl halides is 3. The van der Waals surface area contributed by atoms with Crippen LogP contribution in [0.1, 0.15) is 18.9 Å². The summed E-state index contributed by atoms with van der Waals surface area (Å²) in [5.41, 5.74) is -5.54. The number of non-ortho nitro benzene ring substituents is 2. The van der Waals surface area contributed by atoms with Gasteiger partial charge in [-0.3, -0.25) is 30.3 Å². The largest absolute Gasteiger partial charge is 0.418 e. The van der Waals surface area contributed by atoms with E-state index in [0.29, 0.717) is 6.07 Å². The molecule has 0 saturated carbocycles. The third-order valence-electron chi connectivity index (χ3n) is 3.99. The number of nitrogens with zero attached hydrogens (tertiary/aromatic N) is 4. The Labute approximate surface area is 184 Å². The van der Waals surface area contributed by atoms with Crippen molar-refractivity contribution >= 4 is 56.0 Å². The molecule has 10 nitrogen and oxygen atoms in total. The Hall–Kier alpha value is -3.00. The average Bonchev–Trinajstić information content (AvgIpc) is 2.64. The zero-order chi connectivity index (χ0) is 23.7. The van der Waals surface area contributed by atoms with Crippen LogP contribution in [-0.2, 0) is 6.18 Å². The molecule has 0 radical (unpaired) electrons. The summed E-state index contributed by atoms with van der Waals surface area (Å²) in [4.78, 5) is 31.4. The monoisotopic (exact) mass is 526 g/mol. The van der Waals surface area contributed by atoms with E-state index in [1.54, 1.807) is 6.92 Å². The van der Waals surface area contributed by atoms with Crippen LogP contribution in [0, 0.1) is 30.3 Å². The molecule has 166 valence electrons. The van der Waals surface area contributed by atoms with E-state index in [1.165, 1.54) is 0 Å². The Morgan fingerprint density at radius 1 is 0.968 bits per heavy atom. The van der Waals surface area contributed by atoms with Crippen molar-refractivity contribution in [3.63, 3.8) is 0 Å². The molecule has 0 amide bonds. The molecule has 0 aliphatic heterocycles. The van der Waals surface area contributed by atoms with Crippen LogP contribution >= 0.6 is 27.5 Å². The minimum Gasteiger partial charge on any atom is -0.333 e. The highest BCUT2D eigenvalue weighted by Crippen LogP contribution is 2.49. The number of hydrogen-bond donors (Lipinski definition) is 0. The van der Waals surface area contributed by atoms with E-state index in [-0.39, 0.29) is 34.2 Å². The first-order chi connectivity index (χ1) is 14.3. The van der Waals surface area contributed by atoms with Gasteiger partial charge in [0.25, 0.3) is 17.1 Å². The fraction of sp³-hybridized carbons (Fsp3) is 0.250. The maximum atomic E-state index is 13.8. The number of nitro benzene ring substituents is 3. The van der Waals surface area contributed by atoms with E-state index >= 15 is 0 Å². The van der Waals surface area contributed by atoms with Crippen molar-refractivity contribution in [2.45, 2.75) is 19.5 Å². The first kappa shape index (κ1) is 24.3. The van der Waals surface area contributed by atoms with Crippen LogP contribution in [0.15, 0.2) is 28.7 Å². The summed E-state index contributed by atoms with van der Waals surface area (Å²) >= 11 is 9.12. The van der Waals surface area contributed by atoms with Gasteiger partial charge in [0.2, 0.25) is 0 Å². The molecule has 0 aliphatic rings. The molecule has 0 spiro atoms. The second-order valence-electron chi connectivity index (χ2n) is 6.04. The van der Waals surface area contributed by atoms with Gasteiger partial charge in [-0.2, -0.15) is 13.2 Å². The minimum absolute atomic E-state index is 0.0964. The van der Waals surface area contributed by atoms with Gasteiger partial charge in [0.05, 0.1) is 37.1 Å². The van der Waals surface area contributed by atoms with Gasteiger partial charge in [0.15, 0.2) is 0 Å². The van der Waals surface area contributed by atoms with Crippen molar-refractivity contribution in [1.82, 2.24) is 0 Å². The number of benzene rings is 2. The van der Waals surface area contributed by atoms with Gasteiger partial charge in [0.1, 0.15) is 5.69 Å². The Kier molecular flexibility index (Phi) is 7.06. The minimum atomic E-state index is -5.20. The maximum absolute atomic E-state index is 13.8. The second-order valence-corrected chi connectivity index (χ2v) is 7.30.